The maximum absolute atomic E-state index is 13.8. The Morgan fingerprint density at radius 3 is 2.54 bits per heavy atom. The van der Waals surface area contributed by atoms with Crippen LogP contribution in [-0.2, 0) is 0 Å². The summed E-state index contributed by atoms with van der Waals surface area (Å²) in [5, 5.41) is 4.23. The molecule has 6 nitrogen and oxygen atoms in total. The van der Waals surface area contributed by atoms with Crippen molar-refractivity contribution in [1.29, 1.82) is 0 Å². The summed E-state index contributed by atoms with van der Waals surface area (Å²) >= 11 is 6.06. The Balaban J connectivity index is 1.54. The zero-order valence-electron chi connectivity index (χ0n) is 22.4. The average Bonchev–Trinajstić information content (AvgIpc) is 2.95. The van der Waals surface area contributed by atoms with E-state index in [2.05, 4.69) is 71.5 Å². The number of rotatable bonds is 9. The molecule has 0 saturated carbocycles. The van der Waals surface area contributed by atoms with Crippen molar-refractivity contribution >= 4 is 39.6 Å². The van der Waals surface area contributed by atoms with Crippen LogP contribution in [0.3, 0.4) is 0 Å². The summed E-state index contributed by atoms with van der Waals surface area (Å²) < 4.78 is 13.8. The molecular weight excluding hydrogens is 511 g/mol. The zero-order valence-corrected chi connectivity index (χ0v) is 23.2. The fourth-order valence-corrected chi connectivity index (χ4v) is 5.08. The van der Waals surface area contributed by atoms with Crippen LogP contribution in [0.4, 0.5) is 15.9 Å². The SMILES string of the molecule is CCCN(CCC)C1C=CC(c2ccc3nc(-c4cccnc4)nc(Nc4ccc(F)c(Cl)c4)c3c2)=CN1C. The van der Waals surface area contributed by atoms with Gasteiger partial charge in [-0.05, 0) is 72.5 Å². The monoisotopic (exact) mass is 542 g/mol. The zero-order chi connectivity index (χ0) is 27.4. The number of nitrogens with zero attached hydrogens (tertiary/aromatic N) is 5. The van der Waals surface area contributed by atoms with Gasteiger partial charge in [0.1, 0.15) is 17.8 Å². The van der Waals surface area contributed by atoms with E-state index < -0.39 is 5.82 Å². The van der Waals surface area contributed by atoms with Gasteiger partial charge in [0.2, 0.25) is 0 Å². The van der Waals surface area contributed by atoms with Crippen LogP contribution in [-0.4, -0.2) is 51.1 Å². The molecule has 0 spiro atoms. The van der Waals surface area contributed by atoms with Crippen molar-refractivity contribution in [3.63, 3.8) is 0 Å². The Labute approximate surface area is 233 Å². The van der Waals surface area contributed by atoms with Crippen LogP contribution in [0, 0.1) is 5.82 Å². The molecule has 39 heavy (non-hydrogen) atoms. The summed E-state index contributed by atoms with van der Waals surface area (Å²) in [7, 11) is 2.13. The van der Waals surface area contributed by atoms with Gasteiger partial charge in [-0.3, -0.25) is 9.88 Å². The number of pyridine rings is 1. The smallest absolute Gasteiger partial charge is 0.163 e. The van der Waals surface area contributed by atoms with Crippen molar-refractivity contribution in [3.8, 4) is 11.4 Å². The number of hydrogen-bond donors (Lipinski definition) is 1. The van der Waals surface area contributed by atoms with E-state index in [1.807, 2.05) is 18.2 Å². The molecule has 200 valence electrons. The molecule has 0 amide bonds. The number of hydrogen-bond acceptors (Lipinski definition) is 6. The number of anilines is 2. The number of likely N-dealkylation sites (N-methyl/N-ethyl adjacent to an activating group) is 1. The lowest BCUT2D eigenvalue weighted by Crippen LogP contribution is -2.45. The minimum Gasteiger partial charge on any atom is -0.361 e. The highest BCUT2D eigenvalue weighted by atomic mass is 35.5. The van der Waals surface area contributed by atoms with Gasteiger partial charge in [-0.15, -0.1) is 0 Å². The minimum absolute atomic E-state index is 0.0433. The molecule has 0 fully saturated rings. The number of halogens is 2. The summed E-state index contributed by atoms with van der Waals surface area (Å²) in [6.45, 7) is 6.56. The van der Waals surface area contributed by atoms with Gasteiger partial charge in [-0.2, -0.15) is 0 Å². The number of benzene rings is 2. The lowest BCUT2D eigenvalue weighted by Gasteiger charge is -2.37. The van der Waals surface area contributed by atoms with E-state index in [1.165, 1.54) is 6.07 Å². The quantitative estimate of drug-likeness (QED) is 0.236. The van der Waals surface area contributed by atoms with Crippen molar-refractivity contribution in [2.24, 2.45) is 0 Å². The number of fused-ring (bicyclic) bond motifs is 1. The van der Waals surface area contributed by atoms with E-state index in [9.17, 15) is 4.39 Å². The lowest BCUT2D eigenvalue weighted by molar-refractivity contribution is 0.129. The molecule has 3 heterocycles. The molecule has 0 radical (unpaired) electrons. The molecule has 4 aromatic rings. The highest BCUT2D eigenvalue weighted by molar-refractivity contribution is 6.31. The topological polar surface area (TPSA) is 57.2 Å². The van der Waals surface area contributed by atoms with Crippen LogP contribution in [0.1, 0.15) is 32.3 Å². The predicted octanol–water partition coefficient (Wildman–Crippen LogP) is 7.52. The lowest BCUT2D eigenvalue weighted by atomic mass is 10.0. The van der Waals surface area contributed by atoms with Crippen molar-refractivity contribution in [3.05, 3.63) is 95.7 Å². The van der Waals surface area contributed by atoms with Crippen molar-refractivity contribution in [2.75, 3.05) is 25.5 Å². The molecule has 1 aliphatic rings. The van der Waals surface area contributed by atoms with Crippen molar-refractivity contribution in [2.45, 2.75) is 32.9 Å². The Kier molecular flexibility index (Phi) is 8.19. The molecule has 0 aliphatic carbocycles. The van der Waals surface area contributed by atoms with Gasteiger partial charge >= 0.3 is 0 Å². The Hall–Kier alpha value is -3.81. The molecule has 5 rings (SSSR count). The molecule has 2 aromatic heterocycles. The van der Waals surface area contributed by atoms with Crippen LogP contribution in [0.2, 0.25) is 5.02 Å². The van der Waals surface area contributed by atoms with Crippen molar-refractivity contribution < 1.29 is 4.39 Å². The third-order valence-electron chi connectivity index (χ3n) is 6.73. The van der Waals surface area contributed by atoms with E-state index in [4.69, 9.17) is 21.6 Å². The molecule has 0 bridgehead atoms. The Bertz CT molecular complexity index is 1510. The molecule has 8 heteroatoms. The maximum atomic E-state index is 13.8. The normalized spacial score (nSPS) is 15.2. The second-order valence-corrected chi connectivity index (χ2v) is 10.1. The van der Waals surface area contributed by atoms with Crippen LogP contribution < -0.4 is 5.32 Å². The van der Waals surface area contributed by atoms with Gasteiger partial charge in [-0.1, -0.05) is 37.6 Å². The first-order valence-electron chi connectivity index (χ1n) is 13.3. The molecule has 1 atom stereocenters. The predicted molar refractivity (Wildman–Crippen MR) is 158 cm³/mol. The van der Waals surface area contributed by atoms with Gasteiger partial charge in [0.25, 0.3) is 0 Å². The third kappa shape index (κ3) is 5.95. The van der Waals surface area contributed by atoms with Crippen LogP contribution in [0.25, 0.3) is 27.9 Å². The summed E-state index contributed by atoms with van der Waals surface area (Å²) in [5.41, 5.74) is 4.38. The van der Waals surface area contributed by atoms with Gasteiger partial charge in [0.15, 0.2) is 5.82 Å². The van der Waals surface area contributed by atoms with Gasteiger partial charge < -0.3 is 10.2 Å². The molecule has 2 aromatic carbocycles. The third-order valence-corrected chi connectivity index (χ3v) is 7.02. The van der Waals surface area contributed by atoms with E-state index in [0.29, 0.717) is 17.3 Å². The van der Waals surface area contributed by atoms with Crippen LogP contribution >= 0.6 is 11.6 Å². The first-order valence-corrected chi connectivity index (χ1v) is 13.6. The molecule has 1 unspecified atom stereocenters. The minimum atomic E-state index is -0.469. The summed E-state index contributed by atoms with van der Waals surface area (Å²) in [4.78, 5) is 18.7. The first-order chi connectivity index (χ1) is 19.0. The fourth-order valence-electron chi connectivity index (χ4n) is 4.90. The summed E-state index contributed by atoms with van der Waals surface area (Å²) in [6, 6.07) is 14.5. The largest absolute Gasteiger partial charge is 0.361 e. The Morgan fingerprint density at radius 2 is 1.85 bits per heavy atom. The first kappa shape index (κ1) is 26.8. The van der Waals surface area contributed by atoms with Gasteiger partial charge in [0, 0.05) is 55.4 Å². The van der Waals surface area contributed by atoms with Crippen LogP contribution in [0.5, 0.6) is 0 Å². The van der Waals surface area contributed by atoms with Gasteiger partial charge in [-0.25, -0.2) is 14.4 Å². The maximum Gasteiger partial charge on any atom is 0.163 e. The average molecular weight is 543 g/mol. The molecular formula is C31H32ClFN6. The number of allylic oxidation sites excluding steroid dienone is 2. The van der Waals surface area contributed by atoms with E-state index in [1.54, 1.807) is 24.5 Å². The number of aromatic nitrogens is 3. The molecule has 0 saturated heterocycles. The van der Waals surface area contributed by atoms with E-state index in [0.717, 1.165) is 53.5 Å². The molecule has 1 N–H and O–H groups in total. The number of nitrogens with one attached hydrogen (secondary N) is 1. The Morgan fingerprint density at radius 1 is 1.03 bits per heavy atom. The summed E-state index contributed by atoms with van der Waals surface area (Å²) in [6.07, 6.45) is 12.6. The highest BCUT2D eigenvalue weighted by Crippen LogP contribution is 2.32. The summed E-state index contributed by atoms with van der Waals surface area (Å²) in [5.74, 6) is 0.681. The fraction of sp³-hybridized carbons (Fsp3) is 0.258. The molecule has 1 aliphatic heterocycles. The van der Waals surface area contributed by atoms with E-state index in [-0.39, 0.29) is 11.2 Å². The van der Waals surface area contributed by atoms with E-state index >= 15 is 0 Å². The second kappa shape index (κ2) is 11.9. The highest BCUT2D eigenvalue weighted by Gasteiger charge is 2.21. The van der Waals surface area contributed by atoms with Crippen molar-refractivity contribution in [1.82, 2.24) is 24.8 Å². The van der Waals surface area contributed by atoms with Crippen LogP contribution in [0.15, 0.2) is 79.3 Å². The second-order valence-electron chi connectivity index (χ2n) is 9.68. The van der Waals surface area contributed by atoms with Gasteiger partial charge in [0.05, 0.1) is 10.5 Å². The standard InChI is InChI=1S/C31H32ClFN6/c1-4-15-39(16-5-2)29-13-9-23(20-38(29)3)21-8-12-28-25(17-21)31(35-24-10-11-27(33)26(32)18-24)37-30(36-28)22-7-6-14-34-19-22/h6-14,17-20,29H,4-5,15-16H2,1-3H3,(H,35,36,37).